The van der Waals surface area contributed by atoms with Crippen LogP contribution in [0.1, 0.15) is 200 Å². The lowest BCUT2D eigenvalue weighted by atomic mass is 10.0. The molecule has 0 aliphatic rings. The van der Waals surface area contributed by atoms with Gasteiger partial charge >= 0.3 is 7.82 Å². The van der Waals surface area contributed by atoms with Crippen LogP contribution in [0.25, 0.3) is 0 Å². The number of carbonyl (C=O) groups excluding carboxylic acids is 1. The van der Waals surface area contributed by atoms with Gasteiger partial charge in [-0.15, -0.1) is 0 Å². The zero-order valence-electron chi connectivity index (χ0n) is 34.4. The Labute approximate surface area is 316 Å². The van der Waals surface area contributed by atoms with E-state index in [0.29, 0.717) is 23.9 Å². The third-order valence-electron chi connectivity index (χ3n) is 9.76. The van der Waals surface area contributed by atoms with Crippen LogP contribution >= 0.6 is 7.82 Å². The van der Waals surface area contributed by atoms with Gasteiger partial charge in [-0.3, -0.25) is 13.8 Å². The third kappa shape index (κ3) is 37.4. The highest BCUT2D eigenvalue weighted by molar-refractivity contribution is 7.47. The zero-order chi connectivity index (χ0) is 37.9. The van der Waals surface area contributed by atoms with E-state index in [-0.39, 0.29) is 19.1 Å². The van der Waals surface area contributed by atoms with Gasteiger partial charge in [-0.1, -0.05) is 167 Å². The van der Waals surface area contributed by atoms with Crippen LogP contribution in [-0.4, -0.2) is 73.4 Å². The van der Waals surface area contributed by atoms with Gasteiger partial charge in [0.1, 0.15) is 13.2 Å². The van der Waals surface area contributed by atoms with E-state index in [1.165, 1.54) is 122 Å². The monoisotopic (exact) mass is 746 g/mol. The Balaban J connectivity index is 4.40. The second-order valence-corrected chi connectivity index (χ2v) is 17.5. The zero-order valence-corrected chi connectivity index (χ0v) is 35.3. The largest absolute Gasteiger partial charge is 0.472 e. The van der Waals surface area contributed by atoms with Crippen molar-refractivity contribution in [3.05, 3.63) is 12.2 Å². The number of hydrogen-bond acceptors (Lipinski definition) is 5. The maximum absolute atomic E-state index is 12.8. The molecule has 0 aliphatic heterocycles. The maximum atomic E-state index is 12.8. The van der Waals surface area contributed by atoms with E-state index >= 15 is 0 Å². The van der Waals surface area contributed by atoms with Crippen LogP contribution in [0, 0.1) is 0 Å². The molecule has 1 amide bonds. The number of phosphoric ester groups is 1. The molecule has 9 heteroatoms. The first kappa shape index (κ1) is 50.2. The summed E-state index contributed by atoms with van der Waals surface area (Å²) in [6.07, 6.45) is 38.0. The van der Waals surface area contributed by atoms with Gasteiger partial charge in [0, 0.05) is 6.42 Å². The number of nitrogens with zero attached hydrogens (tertiary/aromatic N) is 1. The molecule has 0 aromatic heterocycles. The van der Waals surface area contributed by atoms with Crippen molar-refractivity contribution < 1.29 is 32.9 Å². The van der Waals surface area contributed by atoms with Crippen molar-refractivity contribution in [2.24, 2.45) is 0 Å². The number of amides is 1. The van der Waals surface area contributed by atoms with Crippen LogP contribution in [-0.2, 0) is 18.4 Å². The molecule has 8 nitrogen and oxygen atoms in total. The number of hydrogen-bond donors (Lipinski definition) is 3. The van der Waals surface area contributed by atoms with E-state index in [2.05, 4.69) is 31.3 Å². The molecule has 0 aliphatic carbocycles. The Kier molecular flexibility index (Phi) is 34.5. The Bertz CT molecular complexity index is 850. The van der Waals surface area contributed by atoms with Crippen LogP contribution in [0.4, 0.5) is 0 Å². The van der Waals surface area contributed by atoms with Gasteiger partial charge in [0.15, 0.2) is 0 Å². The Morgan fingerprint density at radius 3 is 1.51 bits per heavy atom. The quantitative estimate of drug-likeness (QED) is 0.0250. The summed E-state index contributed by atoms with van der Waals surface area (Å²) < 4.78 is 23.6. The highest BCUT2D eigenvalue weighted by Crippen LogP contribution is 2.43. The van der Waals surface area contributed by atoms with Crippen molar-refractivity contribution >= 4 is 13.7 Å². The third-order valence-corrected chi connectivity index (χ3v) is 10.7. The minimum Gasteiger partial charge on any atom is -0.391 e. The van der Waals surface area contributed by atoms with Crippen LogP contribution in [0.15, 0.2) is 12.2 Å². The summed E-state index contributed by atoms with van der Waals surface area (Å²) in [5.74, 6) is -0.153. The molecule has 0 heterocycles. The van der Waals surface area contributed by atoms with E-state index < -0.39 is 20.0 Å². The highest BCUT2D eigenvalue weighted by atomic mass is 31.2. The van der Waals surface area contributed by atoms with Crippen LogP contribution in [0.5, 0.6) is 0 Å². The maximum Gasteiger partial charge on any atom is 0.472 e. The van der Waals surface area contributed by atoms with Gasteiger partial charge in [0.2, 0.25) is 5.91 Å². The molecule has 0 saturated carbocycles. The first-order valence-electron chi connectivity index (χ1n) is 21.6. The minimum atomic E-state index is -4.31. The summed E-state index contributed by atoms with van der Waals surface area (Å²) in [6, 6.07) is -0.759. The van der Waals surface area contributed by atoms with Crippen LogP contribution in [0.3, 0.4) is 0 Å². The Morgan fingerprint density at radius 2 is 1.06 bits per heavy atom. The highest BCUT2D eigenvalue weighted by Gasteiger charge is 2.28. The lowest BCUT2D eigenvalue weighted by molar-refractivity contribution is -0.870. The van der Waals surface area contributed by atoms with Gasteiger partial charge in [0.05, 0.1) is 39.9 Å². The fourth-order valence-electron chi connectivity index (χ4n) is 6.28. The summed E-state index contributed by atoms with van der Waals surface area (Å²) in [5.41, 5.74) is 0. The molecule has 1 unspecified atom stereocenters. The Hall–Kier alpha value is -0.760. The molecule has 0 rings (SSSR count). The average Bonchev–Trinajstić information content (AvgIpc) is 3.07. The van der Waals surface area contributed by atoms with Crippen molar-refractivity contribution in [3.8, 4) is 0 Å². The molecule has 0 saturated heterocycles. The van der Waals surface area contributed by atoms with Gasteiger partial charge in [0.25, 0.3) is 0 Å². The van der Waals surface area contributed by atoms with Crippen molar-refractivity contribution in [2.75, 3.05) is 40.9 Å². The molecule has 0 radical (unpaired) electrons. The standard InChI is InChI=1S/C42H85N2O6P/c1-6-8-10-12-14-16-18-20-22-24-26-28-30-32-34-36-42(46)43-40(39-50-51(47,48)49-38-37-44(3,4)5)41(45)35-33-31-29-27-25-23-21-19-17-15-13-11-9-7-2/h20,22,40-41,45H,6-19,21,23-39H2,1-5H3,(H-,43,46,47,48)/p+1/b22-20+/t40-,41+/m0/s1. The van der Waals surface area contributed by atoms with E-state index in [4.69, 9.17) is 9.05 Å². The van der Waals surface area contributed by atoms with E-state index in [1.54, 1.807) is 0 Å². The van der Waals surface area contributed by atoms with E-state index in [0.717, 1.165) is 51.4 Å². The number of likely N-dealkylation sites (N-methyl/N-ethyl adjacent to an activating group) is 1. The van der Waals surface area contributed by atoms with Crippen molar-refractivity contribution in [1.29, 1.82) is 0 Å². The lowest BCUT2D eigenvalue weighted by Crippen LogP contribution is -2.46. The van der Waals surface area contributed by atoms with Crippen LogP contribution < -0.4 is 5.32 Å². The molecule has 0 aromatic rings. The molecule has 0 fully saturated rings. The molecule has 3 atom stereocenters. The predicted octanol–water partition coefficient (Wildman–Crippen LogP) is 11.6. The SMILES string of the molecule is CCCCCCCC/C=C/CCCCCCCC(=O)N[C@@H](COP(=O)(O)OCC[N+](C)(C)C)[C@H](O)CCCCCCCCCCCCCCCC. The average molecular weight is 746 g/mol. The van der Waals surface area contributed by atoms with Gasteiger partial charge < -0.3 is 19.8 Å². The first-order valence-corrected chi connectivity index (χ1v) is 23.0. The second-order valence-electron chi connectivity index (χ2n) is 16.1. The summed E-state index contributed by atoms with van der Waals surface area (Å²) in [4.78, 5) is 23.1. The number of nitrogens with one attached hydrogen (secondary N) is 1. The lowest BCUT2D eigenvalue weighted by Gasteiger charge is -2.26. The smallest absolute Gasteiger partial charge is 0.391 e. The first-order chi connectivity index (χ1) is 24.5. The number of carbonyl (C=O) groups is 1. The van der Waals surface area contributed by atoms with Crippen molar-refractivity contribution in [3.63, 3.8) is 0 Å². The molecular formula is C42H86N2O6P+. The number of phosphoric acid groups is 1. The van der Waals surface area contributed by atoms with Crippen LogP contribution in [0.2, 0.25) is 0 Å². The summed E-state index contributed by atoms with van der Waals surface area (Å²) in [7, 11) is 1.61. The molecule has 3 N–H and O–H groups in total. The molecule has 304 valence electrons. The van der Waals surface area contributed by atoms with Gasteiger partial charge in [-0.05, 0) is 38.5 Å². The van der Waals surface area contributed by atoms with E-state index in [9.17, 15) is 19.4 Å². The molecule has 0 bridgehead atoms. The second kappa shape index (κ2) is 35.0. The number of quaternary nitrogens is 1. The summed E-state index contributed by atoms with van der Waals surface area (Å²) in [5, 5.41) is 13.9. The summed E-state index contributed by atoms with van der Waals surface area (Å²) >= 11 is 0. The number of aliphatic hydroxyl groups excluding tert-OH is 1. The Morgan fingerprint density at radius 1 is 0.647 bits per heavy atom. The minimum absolute atomic E-state index is 0.0748. The topological polar surface area (TPSA) is 105 Å². The number of aliphatic hydroxyl groups is 1. The van der Waals surface area contributed by atoms with Gasteiger partial charge in [-0.25, -0.2) is 4.57 Å². The normalized spacial score (nSPS) is 14.6. The predicted molar refractivity (Wildman–Crippen MR) is 217 cm³/mol. The van der Waals surface area contributed by atoms with Crippen molar-refractivity contribution in [2.45, 2.75) is 212 Å². The molecular weight excluding hydrogens is 659 g/mol. The molecule has 51 heavy (non-hydrogen) atoms. The molecule has 0 aromatic carbocycles. The fourth-order valence-corrected chi connectivity index (χ4v) is 7.01. The number of rotatable bonds is 39. The number of allylic oxidation sites excluding steroid dienone is 2. The molecule has 0 spiro atoms. The van der Waals surface area contributed by atoms with Gasteiger partial charge in [-0.2, -0.15) is 0 Å². The summed E-state index contributed by atoms with van der Waals surface area (Å²) in [6.45, 7) is 4.87. The number of unbranched alkanes of at least 4 members (excludes halogenated alkanes) is 24. The fraction of sp³-hybridized carbons (Fsp3) is 0.929. The van der Waals surface area contributed by atoms with Crippen molar-refractivity contribution in [1.82, 2.24) is 5.32 Å². The van der Waals surface area contributed by atoms with E-state index in [1.807, 2.05) is 21.1 Å².